The highest BCUT2D eigenvalue weighted by atomic mass is 32.1. The minimum atomic E-state index is -0.127. The second-order valence-corrected chi connectivity index (χ2v) is 8.73. The van der Waals surface area contributed by atoms with E-state index in [2.05, 4.69) is 15.2 Å². The molecule has 0 saturated carbocycles. The molecule has 7 heteroatoms. The van der Waals surface area contributed by atoms with Crippen LogP contribution in [0.1, 0.15) is 15.2 Å². The summed E-state index contributed by atoms with van der Waals surface area (Å²) in [5.41, 5.74) is 3.65. The summed E-state index contributed by atoms with van der Waals surface area (Å²) < 4.78 is 5.43. The van der Waals surface area contributed by atoms with Crippen molar-refractivity contribution in [2.75, 3.05) is 31.2 Å². The first-order valence-corrected chi connectivity index (χ1v) is 11.8. The van der Waals surface area contributed by atoms with Gasteiger partial charge in [-0.1, -0.05) is 60.7 Å². The molecule has 0 spiro atoms. The zero-order chi connectivity index (χ0) is 22.5. The summed E-state index contributed by atoms with van der Waals surface area (Å²) in [6.45, 7) is 3.49. The Morgan fingerprint density at radius 1 is 0.970 bits per heavy atom. The molecule has 5 rings (SSSR count). The summed E-state index contributed by atoms with van der Waals surface area (Å²) in [6.07, 6.45) is 1.79. The monoisotopic (exact) mass is 456 g/mol. The van der Waals surface area contributed by atoms with E-state index in [9.17, 15) is 4.79 Å². The molecule has 0 atom stereocenters. The van der Waals surface area contributed by atoms with E-state index in [4.69, 9.17) is 9.72 Å². The van der Waals surface area contributed by atoms with E-state index in [1.807, 2.05) is 72.8 Å². The van der Waals surface area contributed by atoms with E-state index >= 15 is 0 Å². The van der Waals surface area contributed by atoms with Crippen molar-refractivity contribution >= 4 is 23.1 Å². The molecule has 6 nitrogen and oxygen atoms in total. The number of hydrogen-bond acceptors (Lipinski definition) is 6. The van der Waals surface area contributed by atoms with Crippen molar-refractivity contribution in [2.24, 2.45) is 0 Å². The summed E-state index contributed by atoms with van der Waals surface area (Å²) in [7, 11) is 0. The fourth-order valence-electron chi connectivity index (χ4n) is 3.77. The number of morpholine rings is 1. The van der Waals surface area contributed by atoms with Gasteiger partial charge in [0.05, 0.1) is 18.9 Å². The van der Waals surface area contributed by atoms with Crippen molar-refractivity contribution in [2.45, 2.75) is 6.54 Å². The average molecular weight is 457 g/mol. The fourth-order valence-corrected chi connectivity index (χ4v) is 4.78. The van der Waals surface area contributed by atoms with Crippen molar-refractivity contribution in [3.8, 4) is 21.8 Å². The Balaban J connectivity index is 1.37. The number of anilines is 1. The fraction of sp³-hybridized carbons (Fsp3) is 0.192. The number of pyridine rings is 1. The van der Waals surface area contributed by atoms with Gasteiger partial charge in [-0.05, 0) is 17.7 Å². The number of carbonyl (C=O) groups excluding carboxylic acids is 1. The highest BCUT2D eigenvalue weighted by Crippen LogP contribution is 2.33. The molecule has 2 aromatic heterocycles. The first-order valence-electron chi connectivity index (χ1n) is 11.0. The van der Waals surface area contributed by atoms with E-state index in [0.717, 1.165) is 40.6 Å². The van der Waals surface area contributed by atoms with Crippen molar-refractivity contribution in [3.63, 3.8) is 0 Å². The molecule has 1 fully saturated rings. The van der Waals surface area contributed by atoms with Crippen LogP contribution in [0.25, 0.3) is 21.8 Å². The van der Waals surface area contributed by atoms with Crippen LogP contribution in [0.2, 0.25) is 0 Å². The third kappa shape index (κ3) is 4.94. The number of nitrogens with zero attached hydrogens (tertiary/aromatic N) is 3. The molecule has 1 aliphatic rings. The minimum Gasteiger partial charge on any atom is -0.378 e. The van der Waals surface area contributed by atoms with Gasteiger partial charge in [0.1, 0.15) is 15.7 Å². The number of ether oxygens (including phenoxy) is 1. The molecule has 0 aliphatic carbocycles. The van der Waals surface area contributed by atoms with Crippen LogP contribution in [0.15, 0.2) is 79.0 Å². The summed E-state index contributed by atoms with van der Waals surface area (Å²) in [5.74, 6) is 0.789. The Kier molecular flexibility index (Phi) is 6.41. The van der Waals surface area contributed by atoms with E-state index in [1.165, 1.54) is 11.3 Å². The molecule has 1 aliphatic heterocycles. The third-order valence-corrected chi connectivity index (χ3v) is 6.60. The van der Waals surface area contributed by atoms with Gasteiger partial charge in [0, 0.05) is 37.0 Å². The molecule has 0 bridgehead atoms. The lowest BCUT2D eigenvalue weighted by molar-refractivity contribution is 0.0955. The lowest BCUT2D eigenvalue weighted by Gasteiger charge is -2.28. The smallest absolute Gasteiger partial charge is 0.263 e. The van der Waals surface area contributed by atoms with Crippen molar-refractivity contribution in [1.29, 1.82) is 0 Å². The van der Waals surface area contributed by atoms with Gasteiger partial charge >= 0.3 is 0 Å². The quantitative estimate of drug-likeness (QED) is 0.458. The predicted octanol–water partition coefficient (Wildman–Crippen LogP) is 4.64. The number of aromatic nitrogens is 2. The third-order valence-electron chi connectivity index (χ3n) is 5.50. The molecule has 166 valence electrons. The van der Waals surface area contributed by atoms with Gasteiger partial charge in [0.2, 0.25) is 0 Å². The van der Waals surface area contributed by atoms with Gasteiger partial charge in [-0.3, -0.25) is 4.79 Å². The van der Waals surface area contributed by atoms with Gasteiger partial charge in [0.15, 0.2) is 0 Å². The summed E-state index contributed by atoms with van der Waals surface area (Å²) in [6, 6.07) is 23.8. The van der Waals surface area contributed by atoms with Gasteiger partial charge in [0.25, 0.3) is 5.91 Å². The summed E-state index contributed by atoms with van der Waals surface area (Å²) in [4.78, 5) is 25.4. The van der Waals surface area contributed by atoms with Crippen LogP contribution in [0.4, 0.5) is 5.82 Å². The molecule has 1 saturated heterocycles. The van der Waals surface area contributed by atoms with Crippen LogP contribution in [-0.4, -0.2) is 42.2 Å². The highest BCUT2D eigenvalue weighted by Gasteiger charge is 2.20. The van der Waals surface area contributed by atoms with Gasteiger partial charge in [-0.2, -0.15) is 0 Å². The van der Waals surface area contributed by atoms with Crippen molar-refractivity contribution in [3.05, 3.63) is 89.4 Å². The van der Waals surface area contributed by atoms with Crippen LogP contribution in [0, 0.1) is 0 Å². The molecule has 1 amide bonds. The molecule has 0 radical (unpaired) electrons. The molecular weight excluding hydrogens is 432 g/mol. The van der Waals surface area contributed by atoms with Crippen LogP contribution < -0.4 is 10.2 Å². The number of thiazole rings is 1. The number of rotatable bonds is 6. The molecule has 3 heterocycles. The van der Waals surface area contributed by atoms with E-state index < -0.39 is 0 Å². The Morgan fingerprint density at radius 3 is 2.39 bits per heavy atom. The molecule has 0 unspecified atom stereocenters. The first kappa shape index (κ1) is 21.3. The maximum Gasteiger partial charge on any atom is 0.263 e. The number of nitrogens with one attached hydrogen (secondary N) is 1. The maximum absolute atomic E-state index is 13.3. The van der Waals surface area contributed by atoms with Crippen LogP contribution in [0.5, 0.6) is 0 Å². The number of hydrogen-bond donors (Lipinski definition) is 1. The summed E-state index contributed by atoms with van der Waals surface area (Å²) >= 11 is 1.42. The van der Waals surface area contributed by atoms with Crippen LogP contribution in [0.3, 0.4) is 0 Å². The van der Waals surface area contributed by atoms with E-state index in [1.54, 1.807) is 6.20 Å². The first-order chi connectivity index (χ1) is 16.3. The van der Waals surface area contributed by atoms with Crippen molar-refractivity contribution in [1.82, 2.24) is 15.3 Å². The zero-order valence-corrected chi connectivity index (χ0v) is 18.9. The topological polar surface area (TPSA) is 67.4 Å². The van der Waals surface area contributed by atoms with Crippen LogP contribution in [-0.2, 0) is 11.3 Å². The molecule has 4 aromatic rings. The second-order valence-electron chi connectivity index (χ2n) is 7.73. The SMILES string of the molecule is O=C(NCc1ccnc(N2CCOCC2)c1)c1sc(-c2ccccc2)nc1-c1ccccc1. The number of benzene rings is 2. The second kappa shape index (κ2) is 9.94. The maximum atomic E-state index is 13.3. The normalized spacial score (nSPS) is 13.6. The predicted molar refractivity (Wildman–Crippen MR) is 131 cm³/mol. The Bertz CT molecular complexity index is 1220. The lowest BCUT2D eigenvalue weighted by Crippen LogP contribution is -2.36. The minimum absolute atomic E-state index is 0.127. The average Bonchev–Trinajstić information content (AvgIpc) is 3.35. The standard InChI is InChI=1S/C26H24N4O2S/c31-25(28-18-19-11-12-27-22(17-19)30-13-15-32-16-14-30)24-23(20-7-3-1-4-8-20)29-26(33-24)21-9-5-2-6-10-21/h1-12,17H,13-16,18H2,(H,28,31). The molecule has 33 heavy (non-hydrogen) atoms. The zero-order valence-electron chi connectivity index (χ0n) is 18.1. The number of amides is 1. The lowest BCUT2D eigenvalue weighted by atomic mass is 10.1. The van der Waals surface area contributed by atoms with Crippen molar-refractivity contribution < 1.29 is 9.53 Å². The molecule has 1 N–H and O–H groups in total. The Hall–Kier alpha value is -3.55. The van der Waals surface area contributed by atoms with Crippen LogP contribution >= 0.6 is 11.3 Å². The Morgan fingerprint density at radius 2 is 1.67 bits per heavy atom. The number of carbonyl (C=O) groups is 1. The Labute approximate surface area is 196 Å². The van der Waals surface area contributed by atoms with Gasteiger partial charge in [-0.25, -0.2) is 9.97 Å². The molecular formula is C26H24N4O2S. The largest absolute Gasteiger partial charge is 0.378 e. The highest BCUT2D eigenvalue weighted by molar-refractivity contribution is 7.17. The van der Waals surface area contributed by atoms with E-state index in [0.29, 0.717) is 30.3 Å². The summed E-state index contributed by atoms with van der Waals surface area (Å²) in [5, 5.41) is 3.91. The molecule has 2 aromatic carbocycles. The van der Waals surface area contributed by atoms with Gasteiger partial charge < -0.3 is 15.0 Å². The van der Waals surface area contributed by atoms with E-state index in [-0.39, 0.29) is 5.91 Å². The van der Waals surface area contributed by atoms with Gasteiger partial charge in [-0.15, -0.1) is 11.3 Å².